The third kappa shape index (κ3) is 3.02. The summed E-state index contributed by atoms with van der Waals surface area (Å²) < 4.78 is 1.30. The van der Waals surface area contributed by atoms with Gasteiger partial charge in [-0.15, -0.1) is 11.3 Å². The largest absolute Gasteiger partial charge is 0.355 e. The molecule has 4 heteroatoms. The molecule has 2 N–H and O–H groups in total. The summed E-state index contributed by atoms with van der Waals surface area (Å²) in [6.07, 6.45) is 0. The molecule has 2 aromatic rings. The molecule has 2 rings (SSSR count). The molecule has 0 saturated carbocycles. The zero-order valence-corrected chi connectivity index (χ0v) is 13.3. The van der Waals surface area contributed by atoms with E-state index >= 15 is 0 Å². The zero-order valence-electron chi connectivity index (χ0n) is 12.5. The predicted molar refractivity (Wildman–Crippen MR) is 86.3 cm³/mol. The summed E-state index contributed by atoms with van der Waals surface area (Å²) in [7, 11) is 0. The number of carbonyl (C=O) groups is 1. The molecule has 1 heterocycles. The minimum atomic E-state index is -0.186. The van der Waals surface area contributed by atoms with Crippen LogP contribution in [0.2, 0.25) is 0 Å². The van der Waals surface area contributed by atoms with E-state index in [2.05, 4.69) is 48.7 Å². The van der Waals surface area contributed by atoms with Crippen molar-refractivity contribution in [2.24, 2.45) is 0 Å². The monoisotopic (exact) mass is 290 g/mol. The van der Waals surface area contributed by atoms with Crippen molar-refractivity contribution in [3.05, 3.63) is 34.7 Å². The summed E-state index contributed by atoms with van der Waals surface area (Å²) in [4.78, 5) is 13.1. The predicted octanol–water partition coefficient (Wildman–Crippen LogP) is 3.38. The minimum Gasteiger partial charge on any atom is -0.355 e. The Kier molecular flexibility index (Phi) is 4.78. The van der Waals surface area contributed by atoms with Crippen molar-refractivity contribution < 1.29 is 4.79 Å². The van der Waals surface area contributed by atoms with Crippen molar-refractivity contribution in [3.8, 4) is 0 Å². The molecule has 0 radical (unpaired) electrons. The average molecular weight is 290 g/mol. The molecule has 108 valence electrons. The highest BCUT2D eigenvalue weighted by Crippen LogP contribution is 2.34. The summed E-state index contributed by atoms with van der Waals surface area (Å²) in [5.41, 5.74) is 1.31. The van der Waals surface area contributed by atoms with Crippen LogP contribution >= 0.6 is 11.3 Å². The van der Waals surface area contributed by atoms with E-state index in [1.165, 1.54) is 20.5 Å². The molecule has 0 aliphatic heterocycles. The van der Waals surface area contributed by atoms with Gasteiger partial charge in [0, 0.05) is 22.2 Å². The molecular weight excluding hydrogens is 268 g/mol. The molecule has 1 aromatic heterocycles. The smallest absolute Gasteiger partial charge is 0.236 e. The van der Waals surface area contributed by atoms with E-state index in [9.17, 15) is 4.79 Å². The van der Waals surface area contributed by atoms with Crippen LogP contribution in [0, 0.1) is 6.92 Å². The van der Waals surface area contributed by atoms with Gasteiger partial charge >= 0.3 is 0 Å². The van der Waals surface area contributed by atoms with Gasteiger partial charge in [0.2, 0.25) is 5.91 Å². The number of likely N-dealkylation sites (N-methyl/N-ethyl adjacent to an activating group) is 1. The van der Waals surface area contributed by atoms with Gasteiger partial charge in [0.05, 0.1) is 6.04 Å². The fourth-order valence-electron chi connectivity index (χ4n) is 2.46. The highest BCUT2D eigenvalue weighted by atomic mass is 32.1. The molecule has 1 aromatic carbocycles. The summed E-state index contributed by atoms with van der Waals surface area (Å²) in [6, 6.07) is 8.43. The van der Waals surface area contributed by atoms with Gasteiger partial charge in [0.1, 0.15) is 0 Å². The van der Waals surface area contributed by atoms with Crippen LogP contribution < -0.4 is 10.6 Å². The number of hydrogen-bond acceptors (Lipinski definition) is 3. The molecule has 0 aliphatic carbocycles. The second-order valence-electron chi connectivity index (χ2n) is 5.09. The molecule has 3 nitrogen and oxygen atoms in total. The number of thiophene rings is 1. The van der Waals surface area contributed by atoms with Crippen molar-refractivity contribution in [1.29, 1.82) is 0 Å². The molecule has 0 spiro atoms. The molecule has 2 unspecified atom stereocenters. The lowest BCUT2D eigenvalue weighted by Crippen LogP contribution is -2.42. The Labute approximate surface area is 124 Å². The number of carbonyl (C=O) groups excluding carboxylic acids is 1. The molecule has 0 aliphatic rings. The van der Waals surface area contributed by atoms with E-state index in [1.807, 2.05) is 13.8 Å². The zero-order chi connectivity index (χ0) is 14.7. The summed E-state index contributed by atoms with van der Waals surface area (Å²) >= 11 is 1.80. The highest BCUT2D eigenvalue weighted by molar-refractivity contribution is 7.19. The summed E-state index contributed by atoms with van der Waals surface area (Å²) in [5.74, 6) is 0.0538. The summed E-state index contributed by atoms with van der Waals surface area (Å²) in [6.45, 7) is 8.78. The Morgan fingerprint density at radius 3 is 2.65 bits per heavy atom. The SMILES string of the molecule is CCNC(=O)C(C)NC(C)c1sc2ccccc2c1C. The van der Waals surface area contributed by atoms with E-state index in [4.69, 9.17) is 0 Å². The van der Waals surface area contributed by atoms with Gasteiger partial charge in [-0.3, -0.25) is 10.1 Å². The molecule has 0 bridgehead atoms. The molecule has 2 atom stereocenters. The Balaban J connectivity index is 2.17. The molecule has 0 fully saturated rings. The van der Waals surface area contributed by atoms with Gasteiger partial charge in [0.25, 0.3) is 0 Å². The van der Waals surface area contributed by atoms with Gasteiger partial charge < -0.3 is 5.32 Å². The number of benzene rings is 1. The Hall–Kier alpha value is -1.39. The van der Waals surface area contributed by atoms with E-state index in [0.29, 0.717) is 6.54 Å². The topological polar surface area (TPSA) is 41.1 Å². The number of fused-ring (bicyclic) bond motifs is 1. The maximum Gasteiger partial charge on any atom is 0.236 e. The fraction of sp³-hybridized carbons (Fsp3) is 0.438. The van der Waals surface area contributed by atoms with Gasteiger partial charge in [-0.1, -0.05) is 18.2 Å². The lowest BCUT2D eigenvalue weighted by Gasteiger charge is -2.19. The molecule has 0 saturated heterocycles. The van der Waals surface area contributed by atoms with Crippen LogP contribution in [-0.4, -0.2) is 18.5 Å². The van der Waals surface area contributed by atoms with Gasteiger partial charge in [0.15, 0.2) is 0 Å². The lowest BCUT2D eigenvalue weighted by molar-refractivity contribution is -0.122. The Morgan fingerprint density at radius 1 is 1.30 bits per heavy atom. The average Bonchev–Trinajstić information content (AvgIpc) is 2.77. The van der Waals surface area contributed by atoms with Crippen molar-refractivity contribution in [1.82, 2.24) is 10.6 Å². The van der Waals surface area contributed by atoms with Crippen LogP contribution in [0.5, 0.6) is 0 Å². The second kappa shape index (κ2) is 6.37. The van der Waals surface area contributed by atoms with Crippen molar-refractivity contribution in [3.63, 3.8) is 0 Å². The van der Waals surface area contributed by atoms with Crippen LogP contribution in [0.1, 0.15) is 37.3 Å². The third-order valence-electron chi connectivity index (χ3n) is 3.52. The Bertz CT molecular complexity index is 606. The summed E-state index contributed by atoms with van der Waals surface area (Å²) in [5, 5.41) is 7.54. The first kappa shape index (κ1) is 15.0. The number of amides is 1. The van der Waals surface area contributed by atoms with Crippen LogP contribution in [0.15, 0.2) is 24.3 Å². The standard InChI is InChI=1S/C16H22N2OS/c1-5-17-16(19)12(4)18-11(3)15-10(2)13-8-6-7-9-14(13)20-15/h6-9,11-12,18H,5H2,1-4H3,(H,17,19). The maximum absolute atomic E-state index is 11.8. The number of hydrogen-bond donors (Lipinski definition) is 2. The van der Waals surface area contributed by atoms with E-state index in [0.717, 1.165) is 0 Å². The molecular formula is C16H22N2OS. The maximum atomic E-state index is 11.8. The van der Waals surface area contributed by atoms with Crippen LogP contribution in [0.3, 0.4) is 0 Å². The van der Waals surface area contributed by atoms with Crippen LogP contribution in [-0.2, 0) is 4.79 Å². The minimum absolute atomic E-state index is 0.0538. The number of nitrogens with one attached hydrogen (secondary N) is 2. The number of rotatable bonds is 5. The highest BCUT2D eigenvalue weighted by Gasteiger charge is 2.19. The van der Waals surface area contributed by atoms with E-state index in [-0.39, 0.29) is 18.0 Å². The van der Waals surface area contributed by atoms with Gasteiger partial charge in [-0.25, -0.2) is 0 Å². The lowest BCUT2D eigenvalue weighted by atomic mass is 10.1. The van der Waals surface area contributed by atoms with Crippen LogP contribution in [0.25, 0.3) is 10.1 Å². The van der Waals surface area contributed by atoms with Gasteiger partial charge in [-0.05, 0) is 44.7 Å². The fourth-order valence-corrected chi connectivity index (χ4v) is 3.68. The third-order valence-corrected chi connectivity index (χ3v) is 4.97. The van der Waals surface area contributed by atoms with E-state index < -0.39 is 0 Å². The first-order valence-electron chi connectivity index (χ1n) is 7.06. The Morgan fingerprint density at radius 2 is 2.00 bits per heavy atom. The normalized spacial score (nSPS) is 14.2. The number of aryl methyl sites for hydroxylation is 1. The van der Waals surface area contributed by atoms with Crippen LogP contribution in [0.4, 0.5) is 0 Å². The van der Waals surface area contributed by atoms with Crippen molar-refractivity contribution in [2.45, 2.75) is 39.8 Å². The first-order valence-corrected chi connectivity index (χ1v) is 7.88. The first-order chi connectivity index (χ1) is 9.54. The quantitative estimate of drug-likeness (QED) is 0.886. The molecule has 1 amide bonds. The van der Waals surface area contributed by atoms with Gasteiger partial charge in [-0.2, -0.15) is 0 Å². The van der Waals surface area contributed by atoms with Crippen molar-refractivity contribution in [2.75, 3.05) is 6.54 Å². The molecule has 20 heavy (non-hydrogen) atoms. The van der Waals surface area contributed by atoms with Crippen molar-refractivity contribution >= 4 is 27.3 Å². The second-order valence-corrected chi connectivity index (χ2v) is 6.18. The van der Waals surface area contributed by atoms with E-state index in [1.54, 1.807) is 11.3 Å².